The summed E-state index contributed by atoms with van der Waals surface area (Å²) in [5.74, 6) is 0.770. The summed E-state index contributed by atoms with van der Waals surface area (Å²) < 4.78 is 0. The van der Waals surface area contributed by atoms with E-state index in [4.69, 9.17) is 10.8 Å². The SMILES string of the molecule is NC(=O)c1ccc(N2CCSCC2CC(=O)O)nn1. The Morgan fingerprint density at radius 3 is 2.84 bits per heavy atom. The van der Waals surface area contributed by atoms with E-state index >= 15 is 0 Å². The first-order chi connectivity index (χ1) is 9.08. The van der Waals surface area contributed by atoms with Crippen molar-refractivity contribution >= 4 is 29.5 Å². The Bertz CT molecular complexity index is 479. The van der Waals surface area contributed by atoms with Crippen LogP contribution in [0.5, 0.6) is 0 Å². The first kappa shape index (κ1) is 13.6. The Balaban J connectivity index is 2.17. The van der Waals surface area contributed by atoms with Gasteiger partial charge in [0.05, 0.1) is 6.42 Å². The van der Waals surface area contributed by atoms with Gasteiger partial charge in [0.2, 0.25) is 0 Å². The topological polar surface area (TPSA) is 109 Å². The van der Waals surface area contributed by atoms with Crippen molar-refractivity contribution in [3.63, 3.8) is 0 Å². The molecule has 2 heterocycles. The number of amides is 1. The number of hydrogen-bond donors (Lipinski definition) is 2. The lowest BCUT2D eigenvalue weighted by Gasteiger charge is -2.35. The third kappa shape index (κ3) is 3.34. The number of carboxylic acids is 1. The van der Waals surface area contributed by atoms with E-state index in [0.717, 1.165) is 11.5 Å². The summed E-state index contributed by atoms with van der Waals surface area (Å²) in [4.78, 5) is 23.7. The van der Waals surface area contributed by atoms with Crippen LogP contribution in [0.2, 0.25) is 0 Å². The van der Waals surface area contributed by atoms with Gasteiger partial charge in [-0.25, -0.2) is 0 Å². The lowest BCUT2D eigenvalue weighted by molar-refractivity contribution is -0.137. The fourth-order valence-electron chi connectivity index (χ4n) is 1.94. The molecular formula is C11H14N4O3S. The largest absolute Gasteiger partial charge is 0.481 e. The van der Waals surface area contributed by atoms with E-state index in [0.29, 0.717) is 12.4 Å². The van der Waals surface area contributed by atoms with Crippen molar-refractivity contribution in [2.45, 2.75) is 12.5 Å². The van der Waals surface area contributed by atoms with Gasteiger partial charge in [-0.2, -0.15) is 11.8 Å². The second-order valence-corrected chi connectivity index (χ2v) is 5.31. The molecule has 1 aliphatic rings. The Morgan fingerprint density at radius 1 is 1.47 bits per heavy atom. The van der Waals surface area contributed by atoms with Crippen molar-refractivity contribution in [1.29, 1.82) is 0 Å². The average Bonchev–Trinajstić information content (AvgIpc) is 2.39. The number of carbonyl (C=O) groups excluding carboxylic acids is 1. The number of nitrogens with zero attached hydrogens (tertiary/aromatic N) is 3. The van der Waals surface area contributed by atoms with E-state index in [1.807, 2.05) is 4.90 Å². The Morgan fingerprint density at radius 2 is 2.26 bits per heavy atom. The number of aliphatic carboxylic acids is 1. The Labute approximate surface area is 114 Å². The zero-order valence-corrected chi connectivity index (χ0v) is 11.0. The van der Waals surface area contributed by atoms with Gasteiger partial charge >= 0.3 is 5.97 Å². The molecule has 19 heavy (non-hydrogen) atoms. The van der Waals surface area contributed by atoms with Gasteiger partial charge in [-0.15, -0.1) is 10.2 Å². The quantitative estimate of drug-likeness (QED) is 0.798. The number of anilines is 1. The van der Waals surface area contributed by atoms with Crippen LogP contribution in [-0.4, -0.2) is 51.3 Å². The maximum absolute atomic E-state index is 10.9. The molecule has 0 aliphatic carbocycles. The molecule has 1 amide bonds. The lowest BCUT2D eigenvalue weighted by atomic mass is 10.2. The van der Waals surface area contributed by atoms with Crippen molar-refractivity contribution in [3.8, 4) is 0 Å². The molecule has 0 bridgehead atoms. The van der Waals surface area contributed by atoms with Crippen LogP contribution in [-0.2, 0) is 4.79 Å². The normalized spacial score (nSPS) is 19.2. The molecule has 1 unspecified atom stereocenters. The maximum atomic E-state index is 10.9. The van der Waals surface area contributed by atoms with Gasteiger partial charge < -0.3 is 15.7 Å². The highest BCUT2D eigenvalue weighted by atomic mass is 32.2. The summed E-state index contributed by atoms with van der Waals surface area (Å²) in [6.45, 7) is 0.715. The standard InChI is InChI=1S/C11H14N4O3S/c12-11(18)8-1-2-9(14-13-8)15-3-4-19-6-7(15)5-10(16)17/h1-2,7H,3-6H2,(H2,12,18)(H,16,17). The first-order valence-electron chi connectivity index (χ1n) is 5.77. The highest BCUT2D eigenvalue weighted by Gasteiger charge is 2.26. The molecule has 1 aromatic rings. The molecule has 0 radical (unpaired) electrons. The number of hydrogen-bond acceptors (Lipinski definition) is 6. The average molecular weight is 282 g/mol. The van der Waals surface area contributed by atoms with Crippen LogP contribution in [0.3, 0.4) is 0 Å². The van der Waals surface area contributed by atoms with Crippen molar-refractivity contribution in [2.75, 3.05) is 23.0 Å². The first-order valence-corrected chi connectivity index (χ1v) is 6.93. The van der Waals surface area contributed by atoms with E-state index in [9.17, 15) is 9.59 Å². The second kappa shape index (κ2) is 5.87. The van der Waals surface area contributed by atoms with Crippen LogP contribution in [0, 0.1) is 0 Å². The summed E-state index contributed by atoms with van der Waals surface area (Å²) in [7, 11) is 0. The zero-order chi connectivity index (χ0) is 13.8. The molecule has 8 heteroatoms. The molecule has 0 saturated carbocycles. The molecular weight excluding hydrogens is 268 g/mol. The lowest BCUT2D eigenvalue weighted by Crippen LogP contribution is -2.44. The van der Waals surface area contributed by atoms with Crippen LogP contribution >= 0.6 is 11.8 Å². The molecule has 1 aliphatic heterocycles. The molecule has 0 spiro atoms. The van der Waals surface area contributed by atoms with Gasteiger partial charge in [-0.05, 0) is 12.1 Å². The number of thioether (sulfide) groups is 1. The van der Waals surface area contributed by atoms with Gasteiger partial charge in [0.1, 0.15) is 0 Å². The number of primary amides is 1. The van der Waals surface area contributed by atoms with Crippen molar-refractivity contribution < 1.29 is 14.7 Å². The summed E-state index contributed by atoms with van der Waals surface area (Å²) in [5.41, 5.74) is 5.20. The van der Waals surface area contributed by atoms with E-state index in [-0.39, 0.29) is 18.2 Å². The molecule has 102 valence electrons. The predicted octanol–water partition coefficient (Wildman–Crippen LogP) is -0.0280. The number of aromatic nitrogens is 2. The monoisotopic (exact) mass is 282 g/mol. The summed E-state index contributed by atoms with van der Waals surface area (Å²) in [6, 6.07) is 3.05. The molecule has 0 aromatic carbocycles. The van der Waals surface area contributed by atoms with Crippen molar-refractivity contribution in [3.05, 3.63) is 17.8 Å². The minimum atomic E-state index is -0.834. The maximum Gasteiger partial charge on any atom is 0.305 e. The molecule has 1 atom stereocenters. The van der Waals surface area contributed by atoms with Crippen molar-refractivity contribution in [1.82, 2.24) is 10.2 Å². The zero-order valence-electron chi connectivity index (χ0n) is 10.2. The number of carboxylic acid groups (broad SMARTS) is 1. The van der Waals surface area contributed by atoms with Gasteiger partial charge in [0.25, 0.3) is 5.91 Å². The second-order valence-electron chi connectivity index (χ2n) is 4.16. The van der Waals surface area contributed by atoms with E-state index in [1.54, 1.807) is 17.8 Å². The molecule has 7 nitrogen and oxygen atoms in total. The summed E-state index contributed by atoms with van der Waals surface area (Å²) in [5, 5.41) is 16.6. The van der Waals surface area contributed by atoms with Crippen LogP contribution in [0.25, 0.3) is 0 Å². The third-order valence-electron chi connectivity index (χ3n) is 2.83. The highest BCUT2D eigenvalue weighted by Crippen LogP contribution is 2.23. The Kier molecular flexibility index (Phi) is 4.20. The van der Waals surface area contributed by atoms with Gasteiger partial charge in [-0.3, -0.25) is 9.59 Å². The summed E-state index contributed by atoms with van der Waals surface area (Å²) >= 11 is 1.72. The van der Waals surface area contributed by atoms with E-state index in [1.165, 1.54) is 6.07 Å². The van der Waals surface area contributed by atoms with E-state index < -0.39 is 11.9 Å². The molecule has 1 fully saturated rings. The molecule has 2 rings (SSSR count). The minimum absolute atomic E-state index is 0.0618. The van der Waals surface area contributed by atoms with Crippen molar-refractivity contribution in [2.24, 2.45) is 5.73 Å². The van der Waals surface area contributed by atoms with Gasteiger partial charge in [0, 0.05) is 24.1 Å². The van der Waals surface area contributed by atoms with Gasteiger partial charge in [-0.1, -0.05) is 0 Å². The number of carbonyl (C=O) groups is 2. The fourth-order valence-corrected chi connectivity index (χ4v) is 3.00. The highest BCUT2D eigenvalue weighted by molar-refractivity contribution is 7.99. The van der Waals surface area contributed by atoms with Crippen LogP contribution < -0.4 is 10.6 Å². The van der Waals surface area contributed by atoms with E-state index in [2.05, 4.69) is 10.2 Å². The summed E-state index contributed by atoms with van der Waals surface area (Å²) in [6.07, 6.45) is 0.0618. The predicted molar refractivity (Wildman–Crippen MR) is 71.3 cm³/mol. The molecule has 1 aromatic heterocycles. The molecule has 1 saturated heterocycles. The number of nitrogens with two attached hydrogens (primary N) is 1. The van der Waals surface area contributed by atoms with Crippen LogP contribution in [0.1, 0.15) is 16.9 Å². The third-order valence-corrected chi connectivity index (χ3v) is 3.93. The van der Waals surface area contributed by atoms with Crippen LogP contribution in [0.15, 0.2) is 12.1 Å². The van der Waals surface area contributed by atoms with Crippen LogP contribution in [0.4, 0.5) is 5.82 Å². The smallest absolute Gasteiger partial charge is 0.305 e. The fraction of sp³-hybridized carbons (Fsp3) is 0.455. The number of rotatable bonds is 4. The Hall–Kier alpha value is -1.83. The molecule has 3 N–H and O–H groups in total. The minimum Gasteiger partial charge on any atom is -0.481 e. The van der Waals surface area contributed by atoms with Gasteiger partial charge in [0.15, 0.2) is 11.5 Å².